The molecule has 9 N–H and O–H groups in total. The Morgan fingerprint density at radius 1 is 0.515 bits per heavy atom. The number of rotatable bonds is 19. The van der Waals surface area contributed by atoms with Crippen LogP contribution in [0.15, 0.2) is 239 Å². The normalized spacial score (nSPS) is 13.4. The van der Waals surface area contributed by atoms with E-state index in [9.17, 15) is 58.5 Å². The number of aliphatic hydroxyl groups is 2. The molecule has 0 bridgehead atoms. The van der Waals surface area contributed by atoms with E-state index in [1.807, 2.05) is 199 Å². The summed E-state index contributed by atoms with van der Waals surface area (Å²) in [5, 5.41) is 63.1. The standard InChI is InChI=1S/C14H13NO3.C13H13NO3.C12H12N2O3.C11H14N6O.C11H12N2O2S.C10H12N6O/c1-15(9-10-5-3-2-4-6-10)12-7-11(16)8-13(17)14(12)18;1-14(7-10-5-3-2-4-6-10)11-8-17-9-12(15)13(11)16;1-14(7-8-5-3-2-4-6-8)9-10(15)12(17)13-11(9)16;1-17(8-9-5-3-2-4-6-9)11(18)12-7-10-13-15-16-14-10;1-13(7-8-5-3-2-4-6-8)10-9(14)12-11(15)16-10;1-16(7-8-5-3-2-4-6-8)10(17)11-9-12-14-15-13-9/h2-8,17H,9H2,1H3;2-6,8-9,15H,7H2,1H3;2-6H,7H2,1H3,(H2,13,15,16,17);2-6H,7-8H2,1H3,(H,12,18)(H,13,14,15,16);2-6,10H,7H2,1H3,(H,12,14,15);2-6H,7H2,1H3,(H2,11,12,13,14,15,17). The minimum absolute atomic E-state index is 0.0128. The fourth-order valence-electron chi connectivity index (χ4n) is 9.54. The highest BCUT2D eigenvalue weighted by Gasteiger charge is 2.35. The molecule has 32 heteroatoms. The predicted octanol–water partition coefficient (Wildman–Crippen LogP) is 6.95. The Morgan fingerprint density at radius 2 is 0.971 bits per heavy atom. The molecule has 0 radical (unpaired) electrons. The van der Waals surface area contributed by atoms with Crippen LogP contribution in [-0.2, 0) is 69.8 Å². The third-order valence-corrected chi connectivity index (χ3v) is 15.7. The first-order valence-electron chi connectivity index (χ1n) is 31.4. The number of hydrogen-bond acceptors (Lipinski definition) is 24. The van der Waals surface area contributed by atoms with Crippen molar-refractivity contribution in [3.63, 3.8) is 0 Å². The molecule has 1 saturated heterocycles. The van der Waals surface area contributed by atoms with Crippen molar-refractivity contribution in [3.8, 4) is 5.75 Å². The van der Waals surface area contributed by atoms with E-state index in [2.05, 4.69) is 57.2 Å². The number of anilines is 2. The van der Waals surface area contributed by atoms with Crippen molar-refractivity contribution in [3.05, 3.63) is 279 Å². The number of carbonyl (C=O) groups excluding carboxylic acids is 8. The third kappa shape index (κ3) is 25.0. The Bertz CT molecular complexity index is 4410. The topological polar surface area (TPSA) is 404 Å². The van der Waals surface area contributed by atoms with Gasteiger partial charge in [0.1, 0.15) is 23.6 Å². The number of nitrogens with zero attached hydrogens (tertiary/aromatic N) is 12. The maximum atomic E-state index is 11.8. The lowest BCUT2D eigenvalue weighted by Gasteiger charge is -2.22. The number of aromatic hydroxyl groups is 1. The summed E-state index contributed by atoms with van der Waals surface area (Å²) in [6.07, 6.45) is 4.54. The van der Waals surface area contributed by atoms with E-state index in [0.29, 0.717) is 50.8 Å². The predicted molar refractivity (Wildman–Crippen MR) is 381 cm³/mol. The van der Waals surface area contributed by atoms with E-state index >= 15 is 0 Å². The minimum atomic E-state index is -0.745. The first kappa shape index (κ1) is 77.3. The van der Waals surface area contributed by atoms with Gasteiger partial charge in [0.05, 0.1) is 12.2 Å². The molecule has 1 unspecified atom stereocenters. The lowest BCUT2D eigenvalue weighted by molar-refractivity contribution is -0.125. The van der Waals surface area contributed by atoms with Crippen molar-refractivity contribution in [2.75, 3.05) is 52.5 Å². The summed E-state index contributed by atoms with van der Waals surface area (Å²) >= 11 is 1.03. The van der Waals surface area contributed by atoms with Crippen LogP contribution in [0.1, 0.15) is 39.2 Å². The van der Waals surface area contributed by atoms with Gasteiger partial charge in [0.2, 0.25) is 22.7 Å². The van der Waals surface area contributed by atoms with Crippen molar-refractivity contribution in [2.24, 2.45) is 0 Å². The van der Waals surface area contributed by atoms with Gasteiger partial charge in [-0.15, -0.1) is 15.3 Å². The zero-order chi connectivity index (χ0) is 74.2. The van der Waals surface area contributed by atoms with Crippen molar-refractivity contribution in [1.29, 1.82) is 0 Å². The Kier molecular flexibility index (Phi) is 29.6. The molecule has 534 valence electrons. The van der Waals surface area contributed by atoms with Gasteiger partial charge >= 0.3 is 12.1 Å². The second-order valence-electron chi connectivity index (χ2n) is 22.8. The molecule has 8 amide bonds. The maximum Gasteiger partial charge on any atom is 0.324 e. The van der Waals surface area contributed by atoms with Crippen molar-refractivity contribution < 1.29 is 58.1 Å². The summed E-state index contributed by atoms with van der Waals surface area (Å²) in [6.45, 7) is 3.51. The number of aromatic nitrogens is 8. The molecule has 31 nitrogen and oxygen atoms in total. The van der Waals surface area contributed by atoms with E-state index in [0.717, 1.165) is 57.5 Å². The summed E-state index contributed by atoms with van der Waals surface area (Å²) in [5.74, 6) is -3.21. The number of hydrogen-bond donors (Lipinski definition) is 9. The highest BCUT2D eigenvalue weighted by molar-refractivity contribution is 8.15. The highest BCUT2D eigenvalue weighted by Crippen LogP contribution is 2.24. The maximum absolute atomic E-state index is 11.8. The van der Waals surface area contributed by atoms with Gasteiger partial charge in [-0.1, -0.05) is 192 Å². The lowest BCUT2D eigenvalue weighted by Crippen LogP contribution is -2.36. The van der Waals surface area contributed by atoms with Gasteiger partial charge in [-0.3, -0.25) is 54.4 Å². The molecule has 3 aromatic heterocycles. The molecule has 2 aliphatic heterocycles. The van der Waals surface area contributed by atoms with E-state index < -0.39 is 39.9 Å². The van der Waals surface area contributed by atoms with Gasteiger partial charge in [-0.2, -0.15) is 10.4 Å². The number of H-pyrrole nitrogens is 2. The average molecular weight is 1420 g/mol. The minimum Gasteiger partial charge on any atom is -0.504 e. The molecule has 9 aromatic rings. The number of Topliss-reactive ketones (excluding diaryl/α,β-unsaturated/α-hetero) is 1. The zero-order valence-electron chi connectivity index (χ0n) is 56.9. The second-order valence-corrected chi connectivity index (χ2v) is 23.8. The number of urea groups is 2. The van der Waals surface area contributed by atoms with Gasteiger partial charge in [0.25, 0.3) is 28.9 Å². The Labute approximate surface area is 595 Å². The SMILES string of the molecule is CN(Cc1ccccc1)C(=O)NCc1nn[nH]n1.CN(Cc1ccccc1)C(=O)Nc1nn[nH]n1.CN(Cc1ccccc1)C1=C(O)C(=O)NC1=O.CN(Cc1ccccc1)C1=CC(=O)C=C(O)C1=O.CN(Cc1ccccc1)C1SC(=O)NC1=O.CN(Cc1ccccc1)c1cocc(O)c1=O. The Hall–Kier alpha value is -13.1. The molecule has 103 heavy (non-hydrogen) atoms. The van der Waals surface area contributed by atoms with Crippen LogP contribution in [-0.4, -0.2) is 175 Å². The fraction of sp³-hybridized carbons (Fsp3) is 0.197. The first-order chi connectivity index (χ1) is 49.5. The second kappa shape index (κ2) is 39.5. The average Bonchev–Trinajstić information content (AvgIpc) is 1.82. The summed E-state index contributed by atoms with van der Waals surface area (Å²) < 4.78 is 4.89. The quantitative estimate of drug-likeness (QED) is 0.0292. The van der Waals surface area contributed by atoms with Crippen LogP contribution in [0.25, 0.3) is 0 Å². The van der Waals surface area contributed by atoms with Crippen LogP contribution in [0, 0.1) is 0 Å². The largest absolute Gasteiger partial charge is 0.504 e. The molecule has 0 saturated carbocycles. The Balaban J connectivity index is 0.000000173. The van der Waals surface area contributed by atoms with Gasteiger partial charge in [0, 0.05) is 86.7 Å². The van der Waals surface area contributed by atoms with E-state index in [4.69, 9.17) is 4.42 Å². The number of amides is 8. The monoisotopic (exact) mass is 1420 g/mol. The number of benzene rings is 6. The number of aromatic amines is 2. The molecule has 6 aromatic carbocycles. The summed E-state index contributed by atoms with van der Waals surface area (Å²) in [4.78, 5) is 113. The molecule has 3 aliphatic rings. The number of nitrogens with one attached hydrogen (secondary N) is 6. The number of allylic oxidation sites excluding steroid dienone is 2. The molecule has 0 spiro atoms. The van der Waals surface area contributed by atoms with Crippen LogP contribution in [0.3, 0.4) is 0 Å². The summed E-state index contributed by atoms with van der Waals surface area (Å²) in [6, 6.07) is 57.7. The molecule has 5 heterocycles. The van der Waals surface area contributed by atoms with Crippen molar-refractivity contribution in [1.82, 2.24) is 81.7 Å². The molecular formula is C71H76N18O13S. The van der Waals surface area contributed by atoms with Crippen molar-refractivity contribution >= 4 is 70.0 Å². The highest BCUT2D eigenvalue weighted by atomic mass is 32.2. The van der Waals surface area contributed by atoms with E-state index in [1.54, 1.807) is 54.8 Å². The van der Waals surface area contributed by atoms with E-state index in [1.165, 1.54) is 17.2 Å². The molecular weight excluding hydrogens is 1340 g/mol. The van der Waals surface area contributed by atoms with Crippen molar-refractivity contribution in [2.45, 2.75) is 51.2 Å². The zero-order valence-corrected chi connectivity index (χ0v) is 57.7. The van der Waals surface area contributed by atoms with E-state index in [-0.39, 0.29) is 58.6 Å². The van der Waals surface area contributed by atoms with Crippen LogP contribution in [0.2, 0.25) is 0 Å². The number of carbonyl (C=O) groups is 8. The number of tetrazole rings is 2. The number of thioether (sulfide) groups is 1. The number of ketones is 2. The van der Waals surface area contributed by atoms with Gasteiger partial charge in [0.15, 0.2) is 23.1 Å². The smallest absolute Gasteiger partial charge is 0.324 e. The lowest BCUT2D eigenvalue weighted by atomic mass is 10.1. The number of likely N-dealkylation sites (N-methyl/N-ethyl adjacent to an activating group) is 3. The molecule has 1 fully saturated rings. The van der Waals surface area contributed by atoms with Crippen LogP contribution in [0.5, 0.6) is 5.75 Å². The number of aliphatic hydroxyl groups excluding tert-OH is 2. The molecule has 12 rings (SSSR count). The first-order valence-corrected chi connectivity index (χ1v) is 32.3. The van der Waals surface area contributed by atoms with Gasteiger partial charge in [-0.25, -0.2) is 9.59 Å². The summed E-state index contributed by atoms with van der Waals surface area (Å²) in [5.41, 5.74) is 6.49. The van der Waals surface area contributed by atoms with Gasteiger partial charge < -0.3 is 49.6 Å². The molecule has 1 aliphatic carbocycles. The molecule has 1 atom stereocenters. The van der Waals surface area contributed by atoms with Crippen LogP contribution < -0.4 is 31.6 Å². The summed E-state index contributed by atoms with van der Waals surface area (Å²) in [7, 11) is 10.4. The van der Waals surface area contributed by atoms with Gasteiger partial charge in [-0.05, 0) is 57.4 Å². The number of imide groups is 2. The van der Waals surface area contributed by atoms with Crippen LogP contribution >= 0.6 is 11.8 Å². The van der Waals surface area contributed by atoms with Crippen LogP contribution in [0.4, 0.5) is 26.0 Å². The third-order valence-electron chi connectivity index (χ3n) is 14.6. The Morgan fingerprint density at radius 3 is 1.42 bits per heavy atom. The fourth-order valence-corrected chi connectivity index (χ4v) is 10.3.